The van der Waals surface area contributed by atoms with Gasteiger partial charge >= 0.3 is 5.97 Å². The molecule has 3 rings (SSSR count). The quantitative estimate of drug-likeness (QED) is 0.513. The zero-order chi connectivity index (χ0) is 20.8. The number of ether oxygens (including phenoxy) is 3. The Morgan fingerprint density at radius 1 is 1.03 bits per heavy atom. The van der Waals surface area contributed by atoms with Crippen LogP contribution in [0.15, 0.2) is 48.5 Å². The van der Waals surface area contributed by atoms with Crippen molar-refractivity contribution in [2.24, 2.45) is 0 Å². The number of hydrogen-bond acceptors (Lipinski definition) is 6. The van der Waals surface area contributed by atoms with Crippen molar-refractivity contribution in [3.8, 4) is 11.5 Å². The Morgan fingerprint density at radius 2 is 1.69 bits per heavy atom. The molecule has 0 aliphatic carbocycles. The standard InChI is InChI=1S/C22H26N2O5/c1-27-17-9-16(10-18(12-17)28-2)13-24-14-20(24)21(25)23-19(22(26)29-3)11-15-7-5-4-6-8-15/h4-10,12,19-20H,11,13-14H2,1-3H3,(H,23,25). The molecule has 0 spiro atoms. The second-order valence-corrected chi connectivity index (χ2v) is 6.94. The van der Waals surface area contributed by atoms with Crippen LogP contribution in [0.2, 0.25) is 0 Å². The molecule has 1 saturated heterocycles. The van der Waals surface area contributed by atoms with Gasteiger partial charge in [-0.1, -0.05) is 30.3 Å². The SMILES string of the molecule is COC(=O)C(Cc1ccccc1)NC(=O)C1CN1Cc1cc(OC)cc(OC)c1. The summed E-state index contributed by atoms with van der Waals surface area (Å²) in [5.41, 5.74) is 1.95. The van der Waals surface area contributed by atoms with Crippen LogP contribution in [0.3, 0.4) is 0 Å². The molecule has 0 radical (unpaired) electrons. The third-order valence-electron chi connectivity index (χ3n) is 4.90. The Morgan fingerprint density at radius 3 is 2.28 bits per heavy atom. The van der Waals surface area contributed by atoms with Gasteiger partial charge in [0.05, 0.1) is 21.3 Å². The molecule has 154 valence electrons. The second-order valence-electron chi connectivity index (χ2n) is 6.94. The Balaban J connectivity index is 1.60. The number of amides is 1. The third-order valence-corrected chi connectivity index (χ3v) is 4.90. The van der Waals surface area contributed by atoms with Gasteiger partial charge in [-0.3, -0.25) is 9.69 Å². The Kier molecular flexibility index (Phi) is 6.72. The number of carbonyl (C=O) groups is 2. The molecule has 2 aromatic carbocycles. The second kappa shape index (κ2) is 9.43. The highest BCUT2D eigenvalue weighted by molar-refractivity contribution is 5.89. The van der Waals surface area contributed by atoms with Crippen molar-refractivity contribution < 1.29 is 23.8 Å². The zero-order valence-corrected chi connectivity index (χ0v) is 16.9. The molecule has 7 nitrogen and oxygen atoms in total. The van der Waals surface area contributed by atoms with E-state index in [2.05, 4.69) is 5.32 Å². The molecule has 1 amide bonds. The van der Waals surface area contributed by atoms with Gasteiger partial charge in [0.2, 0.25) is 5.91 Å². The van der Waals surface area contributed by atoms with Gasteiger partial charge in [0, 0.05) is 25.6 Å². The average Bonchev–Trinajstić information content (AvgIpc) is 3.52. The average molecular weight is 398 g/mol. The summed E-state index contributed by atoms with van der Waals surface area (Å²) < 4.78 is 15.4. The maximum Gasteiger partial charge on any atom is 0.328 e. The minimum Gasteiger partial charge on any atom is -0.497 e. The van der Waals surface area contributed by atoms with Crippen LogP contribution in [0.5, 0.6) is 11.5 Å². The summed E-state index contributed by atoms with van der Waals surface area (Å²) in [5.74, 6) is 0.782. The Bertz CT molecular complexity index is 833. The normalized spacial score (nSPS) is 18.4. The Hall–Kier alpha value is -3.06. The van der Waals surface area contributed by atoms with Gasteiger partial charge in [0.15, 0.2) is 0 Å². The van der Waals surface area contributed by atoms with Crippen LogP contribution in [-0.4, -0.2) is 56.7 Å². The number of esters is 1. The number of benzene rings is 2. The molecule has 0 saturated carbocycles. The fourth-order valence-electron chi connectivity index (χ4n) is 3.24. The zero-order valence-electron chi connectivity index (χ0n) is 16.9. The van der Waals surface area contributed by atoms with Gasteiger partial charge < -0.3 is 19.5 Å². The van der Waals surface area contributed by atoms with Crippen LogP contribution in [0.4, 0.5) is 0 Å². The molecule has 0 bridgehead atoms. The number of nitrogens with one attached hydrogen (secondary N) is 1. The molecule has 0 aromatic heterocycles. The van der Waals surface area contributed by atoms with Gasteiger partial charge in [-0.2, -0.15) is 0 Å². The summed E-state index contributed by atoms with van der Waals surface area (Å²) in [7, 11) is 4.53. The van der Waals surface area contributed by atoms with Gasteiger partial charge in [0.1, 0.15) is 23.6 Å². The molecule has 7 heteroatoms. The monoisotopic (exact) mass is 398 g/mol. The lowest BCUT2D eigenvalue weighted by Crippen LogP contribution is -2.45. The molecule has 1 aliphatic rings. The first kappa shape index (κ1) is 20.7. The maximum atomic E-state index is 12.7. The largest absolute Gasteiger partial charge is 0.497 e. The van der Waals surface area contributed by atoms with E-state index >= 15 is 0 Å². The number of methoxy groups -OCH3 is 3. The molecular formula is C22H26N2O5. The molecular weight excluding hydrogens is 372 g/mol. The van der Waals surface area contributed by atoms with Crippen molar-refractivity contribution >= 4 is 11.9 Å². The maximum absolute atomic E-state index is 12.7. The first-order valence-corrected chi connectivity index (χ1v) is 9.42. The fraction of sp³-hybridized carbons (Fsp3) is 0.364. The highest BCUT2D eigenvalue weighted by atomic mass is 16.5. The van der Waals surface area contributed by atoms with Crippen molar-refractivity contribution in [3.05, 3.63) is 59.7 Å². The van der Waals surface area contributed by atoms with E-state index in [1.807, 2.05) is 47.4 Å². The summed E-state index contributed by atoms with van der Waals surface area (Å²) in [4.78, 5) is 26.8. The fourth-order valence-corrected chi connectivity index (χ4v) is 3.24. The summed E-state index contributed by atoms with van der Waals surface area (Å²) in [5, 5.41) is 2.83. The number of nitrogens with zero attached hydrogens (tertiary/aromatic N) is 1. The minimum atomic E-state index is -0.714. The van der Waals surface area contributed by atoms with E-state index in [0.29, 0.717) is 31.0 Å². The summed E-state index contributed by atoms with van der Waals surface area (Å²) >= 11 is 0. The molecule has 2 aromatic rings. The van der Waals surface area contributed by atoms with Crippen molar-refractivity contribution in [2.45, 2.75) is 25.0 Å². The predicted octanol–water partition coefficient (Wildman–Crippen LogP) is 1.79. The van der Waals surface area contributed by atoms with E-state index in [0.717, 1.165) is 11.1 Å². The van der Waals surface area contributed by atoms with E-state index in [-0.39, 0.29) is 11.9 Å². The van der Waals surface area contributed by atoms with Crippen molar-refractivity contribution in [1.29, 1.82) is 0 Å². The molecule has 1 N–H and O–H groups in total. The predicted molar refractivity (Wildman–Crippen MR) is 108 cm³/mol. The van der Waals surface area contributed by atoms with Crippen LogP contribution < -0.4 is 14.8 Å². The lowest BCUT2D eigenvalue weighted by Gasteiger charge is -2.17. The lowest BCUT2D eigenvalue weighted by molar-refractivity contribution is -0.145. The third kappa shape index (κ3) is 5.48. The van der Waals surface area contributed by atoms with Crippen molar-refractivity contribution in [3.63, 3.8) is 0 Å². The van der Waals surface area contributed by atoms with E-state index in [4.69, 9.17) is 14.2 Å². The van der Waals surface area contributed by atoms with Gasteiger partial charge in [-0.05, 0) is 23.3 Å². The van der Waals surface area contributed by atoms with Crippen LogP contribution in [0.1, 0.15) is 11.1 Å². The van der Waals surface area contributed by atoms with Gasteiger partial charge in [-0.25, -0.2) is 4.79 Å². The van der Waals surface area contributed by atoms with E-state index in [9.17, 15) is 9.59 Å². The van der Waals surface area contributed by atoms with E-state index < -0.39 is 12.0 Å². The lowest BCUT2D eigenvalue weighted by atomic mass is 10.1. The number of carbonyl (C=O) groups excluding carboxylic acids is 2. The molecule has 1 aliphatic heterocycles. The van der Waals surface area contributed by atoms with Crippen LogP contribution in [0.25, 0.3) is 0 Å². The highest BCUT2D eigenvalue weighted by Crippen LogP contribution is 2.27. The first-order chi connectivity index (χ1) is 14.0. The molecule has 3 unspecified atom stereocenters. The Labute approximate surface area is 170 Å². The number of hydrogen-bond donors (Lipinski definition) is 1. The van der Waals surface area contributed by atoms with Crippen LogP contribution >= 0.6 is 0 Å². The van der Waals surface area contributed by atoms with Crippen molar-refractivity contribution in [2.75, 3.05) is 27.9 Å². The van der Waals surface area contributed by atoms with Crippen LogP contribution in [-0.2, 0) is 27.3 Å². The highest BCUT2D eigenvalue weighted by Gasteiger charge is 2.41. The molecule has 1 fully saturated rings. The number of rotatable bonds is 9. The van der Waals surface area contributed by atoms with Crippen molar-refractivity contribution in [1.82, 2.24) is 10.2 Å². The van der Waals surface area contributed by atoms with Gasteiger partial charge in [-0.15, -0.1) is 0 Å². The van der Waals surface area contributed by atoms with E-state index in [1.54, 1.807) is 20.3 Å². The first-order valence-electron chi connectivity index (χ1n) is 9.42. The molecule has 1 heterocycles. The molecule has 3 atom stereocenters. The minimum absolute atomic E-state index is 0.175. The van der Waals surface area contributed by atoms with Gasteiger partial charge in [0.25, 0.3) is 0 Å². The summed E-state index contributed by atoms with van der Waals surface area (Å²) in [6, 6.07) is 14.2. The molecule has 29 heavy (non-hydrogen) atoms. The topological polar surface area (TPSA) is 76.9 Å². The van der Waals surface area contributed by atoms with Crippen LogP contribution in [0, 0.1) is 0 Å². The van der Waals surface area contributed by atoms with E-state index in [1.165, 1.54) is 7.11 Å². The summed E-state index contributed by atoms with van der Waals surface area (Å²) in [6.45, 7) is 1.22. The smallest absolute Gasteiger partial charge is 0.328 e. The summed E-state index contributed by atoms with van der Waals surface area (Å²) in [6.07, 6.45) is 0.388.